The molecular weight excluding hydrogens is 256 g/mol. The van der Waals surface area contributed by atoms with E-state index in [1.165, 1.54) is 0 Å². The van der Waals surface area contributed by atoms with Gasteiger partial charge in [0.15, 0.2) is 0 Å². The Morgan fingerprint density at radius 2 is 1.90 bits per heavy atom. The van der Waals surface area contributed by atoms with Crippen LogP contribution in [-0.2, 0) is 14.3 Å². The lowest BCUT2D eigenvalue weighted by atomic mass is 9.89. The second-order valence-electron chi connectivity index (χ2n) is 6.76. The van der Waals surface area contributed by atoms with Gasteiger partial charge < -0.3 is 15.0 Å². The van der Waals surface area contributed by atoms with Crippen molar-refractivity contribution >= 4 is 11.8 Å². The predicted octanol–water partition coefficient (Wildman–Crippen LogP) is 1.17. The number of hydrogen-bond acceptors (Lipinski definition) is 3. The molecule has 2 saturated heterocycles. The van der Waals surface area contributed by atoms with E-state index in [4.69, 9.17) is 4.74 Å². The minimum absolute atomic E-state index is 0.0519. The fraction of sp³-hybridized carbons (Fsp3) is 0.867. The lowest BCUT2D eigenvalue weighted by Gasteiger charge is -2.46. The Hall–Kier alpha value is -1.10. The number of piperazine rings is 1. The summed E-state index contributed by atoms with van der Waals surface area (Å²) in [7, 11) is 0. The molecule has 2 rings (SSSR count). The monoisotopic (exact) mass is 282 g/mol. The van der Waals surface area contributed by atoms with Crippen LogP contribution in [0.25, 0.3) is 0 Å². The Balaban J connectivity index is 2.16. The fourth-order valence-corrected chi connectivity index (χ4v) is 2.90. The molecule has 20 heavy (non-hydrogen) atoms. The molecule has 0 aliphatic carbocycles. The van der Waals surface area contributed by atoms with Crippen LogP contribution in [0, 0.1) is 11.8 Å². The van der Waals surface area contributed by atoms with Crippen LogP contribution in [0.15, 0.2) is 0 Å². The van der Waals surface area contributed by atoms with E-state index in [9.17, 15) is 9.59 Å². The fourth-order valence-electron chi connectivity index (χ4n) is 2.90. The number of hydrogen-bond donors (Lipinski definition) is 1. The summed E-state index contributed by atoms with van der Waals surface area (Å²) in [5.41, 5.74) is -0.763. The van der Waals surface area contributed by atoms with Crippen molar-refractivity contribution in [3.05, 3.63) is 0 Å². The minimum atomic E-state index is -0.763. The first-order valence-corrected chi connectivity index (χ1v) is 7.54. The highest BCUT2D eigenvalue weighted by Crippen LogP contribution is 2.27. The number of carbonyl (C=O) groups is 2. The highest BCUT2D eigenvalue weighted by atomic mass is 16.5. The average molecular weight is 282 g/mol. The molecule has 2 aliphatic heterocycles. The van der Waals surface area contributed by atoms with Crippen LogP contribution in [0.5, 0.6) is 0 Å². The van der Waals surface area contributed by atoms with Crippen molar-refractivity contribution in [2.75, 3.05) is 19.8 Å². The molecule has 0 radical (unpaired) electrons. The molecule has 0 aromatic heterocycles. The molecule has 1 N–H and O–H groups in total. The van der Waals surface area contributed by atoms with Crippen molar-refractivity contribution in [3.63, 3.8) is 0 Å². The van der Waals surface area contributed by atoms with E-state index < -0.39 is 11.6 Å². The van der Waals surface area contributed by atoms with Gasteiger partial charge in [-0.25, -0.2) is 0 Å². The third kappa shape index (κ3) is 2.82. The smallest absolute Gasteiger partial charge is 0.246 e. The summed E-state index contributed by atoms with van der Waals surface area (Å²) in [5, 5.41) is 2.87. The number of nitrogens with one attached hydrogen (secondary N) is 1. The quantitative estimate of drug-likeness (QED) is 0.845. The van der Waals surface area contributed by atoms with E-state index in [2.05, 4.69) is 5.32 Å². The highest BCUT2D eigenvalue weighted by molar-refractivity contribution is 5.99. The van der Waals surface area contributed by atoms with E-state index in [0.717, 1.165) is 26.1 Å². The second-order valence-corrected chi connectivity index (χ2v) is 6.76. The Morgan fingerprint density at radius 1 is 1.30 bits per heavy atom. The molecule has 1 atom stereocenters. The van der Waals surface area contributed by atoms with Crippen LogP contribution in [0.1, 0.15) is 40.5 Å². The van der Waals surface area contributed by atoms with Gasteiger partial charge >= 0.3 is 0 Å². The molecule has 1 unspecified atom stereocenters. The van der Waals surface area contributed by atoms with E-state index in [-0.39, 0.29) is 17.7 Å². The van der Waals surface area contributed by atoms with Gasteiger partial charge in [-0.15, -0.1) is 0 Å². The van der Waals surface area contributed by atoms with Gasteiger partial charge in [0.05, 0.1) is 0 Å². The summed E-state index contributed by atoms with van der Waals surface area (Å²) in [5.74, 6) is 0.546. The van der Waals surface area contributed by atoms with Gasteiger partial charge in [0, 0.05) is 19.8 Å². The summed E-state index contributed by atoms with van der Waals surface area (Å²) in [6.45, 7) is 9.76. The lowest BCUT2D eigenvalue weighted by Crippen LogP contribution is -2.70. The summed E-state index contributed by atoms with van der Waals surface area (Å²) < 4.78 is 5.37. The van der Waals surface area contributed by atoms with Crippen LogP contribution >= 0.6 is 0 Å². The van der Waals surface area contributed by atoms with Gasteiger partial charge in [-0.05, 0) is 38.5 Å². The molecule has 5 heteroatoms. The van der Waals surface area contributed by atoms with Crippen molar-refractivity contribution in [3.8, 4) is 0 Å². The summed E-state index contributed by atoms with van der Waals surface area (Å²) in [4.78, 5) is 26.8. The normalized spacial score (nSPS) is 27.9. The maximum atomic E-state index is 12.7. The van der Waals surface area contributed by atoms with Crippen LogP contribution in [0.4, 0.5) is 0 Å². The third-order valence-corrected chi connectivity index (χ3v) is 4.50. The molecule has 2 heterocycles. The zero-order valence-corrected chi connectivity index (χ0v) is 12.9. The Kier molecular flexibility index (Phi) is 4.37. The first kappa shape index (κ1) is 15.3. The minimum Gasteiger partial charge on any atom is -0.381 e. The second kappa shape index (κ2) is 5.72. The first-order chi connectivity index (χ1) is 9.34. The van der Waals surface area contributed by atoms with Crippen LogP contribution in [0.3, 0.4) is 0 Å². The predicted molar refractivity (Wildman–Crippen MR) is 76.1 cm³/mol. The standard InChI is InChI=1S/C15H26N2O3/c1-10(2)12-13(18)17(15(3,4)14(19)16-12)9-11-5-7-20-8-6-11/h10-12H,5-9H2,1-4H3,(H,16,19). The van der Waals surface area contributed by atoms with E-state index >= 15 is 0 Å². The Labute approximate surface area is 121 Å². The van der Waals surface area contributed by atoms with Crippen LogP contribution in [-0.4, -0.2) is 48.1 Å². The molecule has 2 fully saturated rings. The molecule has 0 spiro atoms. The maximum absolute atomic E-state index is 12.7. The molecule has 5 nitrogen and oxygen atoms in total. The molecule has 2 amide bonds. The summed E-state index contributed by atoms with van der Waals surface area (Å²) in [6.07, 6.45) is 1.93. The van der Waals surface area contributed by atoms with Gasteiger partial charge in [0.25, 0.3) is 0 Å². The Bertz CT molecular complexity index is 387. The van der Waals surface area contributed by atoms with Gasteiger partial charge in [0.2, 0.25) is 11.8 Å². The molecule has 114 valence electrons. The molecule has 2 aliphatic rings. The molecule has 0 saturated carbocycles. The topological polar surface area (TPSA) is 58.6 Å². The number of nitrogens with zero attached hydrogens (tertiary/aromatic N) is 1. The molecule has 0 aromatic rings. The van der Waals surface area contributed by atoms with Crippen LogP contribution < -0.4 is 5.32 Å². The van der Waals surface area contributed by atoms with Crippen molar-refractivity contribution < 1.29 is 14.3 Å². The van der Waals surface area contributed by atoms with Crippen molar-refractivity contribution in [2.45, 2.75) is 52.1 Å². The Morgan fingerprint density at radius 3 is 2.45 bits per heavy atom. The molecular formula is C15H26N2O3. The average Bonchev–Trinajstić information content (AvgIpc) is 2.40. The maximum Gasteiger partial charge on any atom is 0.246 e. The summed E-state index contributed by atoms with van der Waals surface area (Å²) in [6, 6.07) is -0.393. The van der Waals surface area contributed by atoms with Crippen molar-refractivity contribution in [2.24, 2.45) is 11.8 Å². The number of amides is 2. The number of ether oxygens (including phenoxy) is 1. The zero-order valence-electron chi connectivity index (χ0n) is 12.9. The molecule has 0 aromatic carbocycles. The van der Waals surface area contributed by atoms with E-state index in [1.807, 2.05) is 27.7 Å². The largest absolute Gasteiger partial charge is 0.381 e. The highest BCUT2D eigenvalue weighted by Gasteiger charge is 2.47. The zero-order chi connectivity index (χ0) is 14.9. The van der Waals surface area contributed by atoms with E-state index in [0.29, 0.717) is 12.5 Å². The van der Waals surface area contributed by atoms with E-state index in [1.54, 1.807) is 4.90 Å². The number of rotatable bonds is 3. The van der Waals surface area contributed by atoms with Crippen molar-refractivity contribution in [1.29, 1.82) is 0 Å². The number of carbonyl (C=O) groups excluding carboxylic acids is 2. The third-order valence-electron chi connectivity index (χ3n) is 4.50. The molecule has 0 bridgehead atoms. The first-order valence-electron chi connectivity index (χ1n) is 7.54. The van der Waals surface area contributed by atoms with Gasteiger partial charge in [-0.2, -0.15) is 0 Å². The van der Waals surface area contributed by atoms with Gasteiger partial charge in [-0.3, -0.25) is 9.59 Å². The van der Waals surface area contributed by atoms with Gasteiger partial charge in [0.1, 0.15) is 11.6 Å². The van der Waals surface area contributed by atoms with Crippen molar-refractivity contribution in [1.82, 2.24) is 10.2 Å². The van der Waals surface area contributed by atoms with Crippen LogP contribution in [0.2, 0.25) is 0 Å². The van der Waals surface area contributed by atoms with Gasteiger partial charge in [-0.1, -0.05) is 13.8 Å². The lowest BCUT2D eigenvalue weighted by molar-refractivity contribution is -0.158. The SMILES string of the molecule is CC(C)C1NC(=O)C(C)(C)N(CC2CCOCC2)C1=O. The summed E-state index contributed by atoms with van der Waals surface area (Å²) >= 11 is 0.